The Morgan fingerprint density at radius 3 is 2.33 bits per heavy atom. The van der Waals surface area contributed by atoms with Gasteiger partial charge >= 0.3 is 0 Å². The summed E-state index contributed by atoms with van der Waals surface area (Å²) in [6.07, 6.45) is 3.18. The first-order chi connectivity index (χ1) is 11.0. The van der Waals surface area contributed by atoms with Gasteiger partial charge in [0.1, 0.15) is 0 Å². The van der Waals surface area contributed by atoms with E-state index in [1.165, 1.54) is 6.92 Å². The standard InChI is InChI=1S/C17H26BrN3O2.ClH/c1-3-4-5-15(11-19)21-17(23)10-16(20-12(2)22)13-6-8-14(18)9-7-13;/h6-9,15-16H,3-5,10-11,19H2,1-2H3,(H,20,22)(H,21,23);1H. The van der Waals surface area contributed by atoms with Crippen molar-refractivity contribution in [2.75, 3.05) is 6.54 Å². The van der Waals surface area contributed by atoms with Crippen molar-refractivity contribution in [1.29, 1.82) is 0 Å². The highest BCUT2D eigenvalue weighted by Crippen LogP contribution is 2.20. The van der Waals surface area contributed by atoms with E-state index >= 15 is 0 Å². The van der Waals surface area contributed by atoms with E-state index in [9.17, 15) is 9.59 Å². The number of nitrogens with two attached hydrogens (primary N) is 1. The Bertz CT molecular complexity index is 511. The predicted molar refractivity (Wildman–Crippen MR) is 103 cm³/mol. The Hall–Kier alpha value is -1.11. The second-order valence-corrected chi connectivity index (χ2v) is 6.57. The molecule has 5 nitrogen and oxygen atoms in total. The summed E-state index contributed by atoms with van der Waals surface area (Å²) >= 11 is 3.38. The average molecular weight is 421 g/mol. The van der Waals surface area contributed by atoms with E-state index in [0.717, 1.165) is 29.3 Å². The third-order valence-corrected chi connectivity index (χ3v) is 4.12. The number of rotatable bonds is 9. The molecule has 24 heavy (non-hydrogen) atoms. The van der Waals surface area contributed by atoms with Crippen molar-refractivity contribution >= 4 is 40.2 Å². The Labute approximate surface area is 158 Å². The smallest absolute Gasteiger partial charge is 0.222 e. The van der Waals surface area contributed by atoms with E-state index in [1.807, 2.05) is 24.3 Å². The molecule has 1 aromatic rings. The van der Waals surface area contributed by atoms with Crippen LogP contribution in [0.1, 0.15) is 51.1 Å². The van der Waals surface area contributed by atoms with Crippen LogP contribution in [0.15, 0.2) is 28.7 Å². The van der Waals surface area contributed by atoms with E-state index in [4.69, 9.17) is 5.73 Å². The molecular formula is C17H27BrClN3O2. The number of unbranched alkanes of at least 4 members (excludes halogenated alkanes) is 1. The van der Waals surface area contributed by atoms with Crippen LogP contribution in [-0.4, -0.2) is 24.4 Å². The highest BCUT2D eigenvalue weighted by Gasteiger charge is 2.19. The summed E-state index contributed by atoms with van der Waals surface area (Å²) in [5.74, 6) is -0.259. The van der Waals surface area contributed by atoms with Crippen LogP contribution in [0.3, 0.4) is 0 Å². The number of amides is 2. The van der Waals surface area contributed by atoms with E-state index in [0.29, 0.717) is 6.54 Å². The molecule has 0 aliphatic rings. The molecule has 0 fully saturated rings. The van der Waals surface area contributed by atoms with Gasteiger partial charge in [-0.3, -0.25) is 9.59 Å². The van der Waals surface area contributed by atoms with Gasteiger partial charge in [-0.15, -0.1) is 12.4 Å². The van der Waals surface area contributed by atoms with Gasteiger partial charge in [0, 0.05) is 24.0 Å². The van der Waals surface area contributed by atoms with Gasteiger partial charge in [-0.2, -0.15) is 0 Å². The van der Waals surface area contributed by atoms with Crippen molar-refractivity contribution in [2.45, 2.75) is 51.6 Å². The fraction of sp³-hybridized carbons (Fsp3) is 0.529. The van der Waals surface area contributed by atoms with Gasteiger partial charge in [0.05, 0.1) is 12.5 Å². The van der Waals surface area contributed by atoms with Crippen molar-refractivity contribution in [2.24, 2.45) is 5.73 Å². The van der Waals surface area contributed by atoms with Crippen molar-refractivity contribution in [3.8, 4) is 0 Å². The molecule has 0 saturated carbocycles. The molecule has 0 bridgehead atoms. The molecule has 0 aromatic heterocycles. The summed E-state index contributed by atoms with van der Waals surface area (Å²) < 4.78 is 0.954. The Morgan fingerprint density at radius 2 is 1.83 bits per heavy atom. The average Bonchev–Trinajstić information content (AvgIpc) is 2.51. The molecule has 136 valence electrons. The zero-order chi connectivity index (χ0) is 17.2. The van der Waals surface area contributed by atoms with Gasteiger partial charge in [0.25, 0.3) is 0 Å². The third-order valence-electron chi connectivity index (χ3n) is 3.60. The van der Waals surface area contributed by atoms with E-state index in [-0.39, 0.29) is 42.7 Å². The molecule has 7 heteroatoms. The minimum atomic E-state index is -0.342. The van der Waals surface area contributed by atoms with Crippen LogP contribution >= 0.6 is 28.3 Å². The summed E-state index contributed by atoms with van der Waals surface area (Å²) in [7, 11) is 0. The van der Waals surface area contributed by atoms with Crippen LogP contribution in [0, 0.1) is 0 Å². The predicted octanol–water partition coefficient (Wildman–Crippen LogP) is 3.07. The van der Waals surface area contributed by atoms with Gasteiger partial charge < -0.3 is 16.4 Å². The first-order valence-electron chi connectivity index (χ1n) is 7.98. The number of hydrogen-bond donors (Lipinski definition) is 3. The molecule has 0 radical (unpaired) electrons. The summed E-state index contributed by atoms with van der Waals surface area (Å²) in [5.41, 5.74) is 6.61. The van der Waals surface area contributed by atoms with Crippen LogP contribution in [-0.2, 0) is 9.59 Å². The lowest BCUT2D eigenvalue weighted by Gasteiger charge is -2.21. The van der Waals surface area contributed by atoms with Gasteiger partial charge in [-0.05, 0) is 24.1 Å². The topological polar surface area (TPSA) is 84.2 Å². The second-order valence-electron chi connectivity index (χ2n) is 5.65. The lowest BCUT2D eigenvalue weighted by Crippen LogP contribution is -2.42. The third kappa shape index (κ3) is 8.66. The molecule has 0 spiro atoms. The van der Waals surface area contributed by atoms with Crippen LogP contribution in [0.25, 0.3) is 0 Å². The van der Waals surface area contributed by atoms with Crippen molar-refractivity contribution in [1.82, 2.24) is 10.6 Å². The van der Waals surface area contributed by atoms with E-state index in [1.54, 1.807) is 0 Å². The van der Waals surface area contributed by atoms with Gasteiger partial charge in [0.15, 0.2) is 0 Å². The van der Waals surface area contributed by atoms with Gasteiger partial charge in [-0.1, -0.05) is 47.8 Å². The largest absolute Gasteiger partial charge is 0.352 e. The summed E-state index contributed by atoms with van der Waals surface area (Å²) in [6, 6.07) is 7.23. The SMILES string of the molecule is CCCCC(CN)NC(=O)CC(NC(C)=O)c1ccc(Br)cc1.Cl. The molecule has 2 atom stereocenters. The molecule has 2 unspecified atom stereocenters. The molecule has 0 saturated heterocycles. The van der Waals surface area contributed by atoms with E-state index < -0.39 is 0 Å². The maximum Gasteiger partial charge on any atom is 0.222 e. The highest BCUT2D eigenvalue weighted by molar-refractivity contribution is 9.10. The second kappa shape index (κ2) is 12.3. The molecular weight excluding hydrogens is 394 g/mol. The number of carbonyl (C=O) groups excluding carboxylic acids is 2. The summed E-state index contributed by atoms with van der Waals surface area (Å²) in [4.78, 5) is 23.7. The van der Waals surface area contributed by atoms with Crippen LogP contribution < -0.4 is 16.4 Å². The lowest BCUT2D eigenvalue weighted by molar-refractivity contribution is -0.123. The van der Waals surface area contributed by atoms with Crippen LogP contribution in [0.2, 0.25) is 0 Å². The molecule has 1 rings (SSSR count). The minimum absolute atomic E-state index is 0. The normalized spacial score (nSPS) is 12.7. The zero-order valence-corrected chi connectivity index (χ0v) is 16.6. The Balaban J connectivity index is 0.00000529. The summed E-state index contributed by atoms with van der Waals surface area (Å²) in [6.45, 7) is 3.98. The number of carbonyl (C=O) groups is 2. The number of halogens is 2. The van der Waals surface area contributed by atoms with Crippen molar-refractivity contribution < 1.29 is 9.59 Å². The highest BCUT2D eigenvalue weighted by atomic mass is 79.9. The first-order valence-corrected chi connectivity index (χ1v) is 8.77. The molecule has 0 heterocycles. The first kappa shape index (κ1) is 22.9. The van der Waals surface area contributed by atoms with Gasteiger partial charge in [0.2, 0.25) is 11.8 Å². The maximum absolute atomic E-state index is 12.3. The number of hydrogen-bond acceptors (Lipinski definition) is 3. The molecule has 0 aliphatic heterocycles. The monoisotopic (exact) mass is 419 g/mol. The lowest BCUT2D eigenvalue weighted by atomic mass is 10.0. The number of benzene rings is 1. The Morgan fingerprint density at radius 1 is 1.21 bits per heavy atom. The number of nitrogens with one attached hydrogen (secondary N) is 2. The Kier molecular flexibility index (Phi) is 11.7. The molecule has 0 aliphatic carbocycles. The molecule has 1 aromatic carbocycles. The van der Waals surface area contributed by atoms with Gasteiger partial charge in [-0.25, -0.2) is 0 Å². The van der Waals surface area contributed by atoms with Crippen molar-refractivity contribution in [3.63, 3.8) is 0 Å². The fourth-order valence-electron chi connectivity index (χ4n) is 2.36. The van der Waals surface area contributed by atoms with Crippen LogP contribution in [0.5, 0.6) is 0 Å². The summed E-state index contributed by atoms with van der Waals surface area (Å²) in [5, 5.41) is 5.80. The van der Waals surface area contributed by atoms with E-state index in [2.05, 4.69) is 33.5 Å². The van der Waals surface area contributed by atoms with Crippen LogP contribution in [0.4, 0.5) is 0 Å². The molecule has 2 amide bonds. The fourth-order valence-corrected chi connectivity index (χ4v) is 2.63. The zero-order valence-electron chi connectivity index (χ0n) is 14.2. The molecule has 4 N–H and O–H groups in total. The van der Waals surface area contributed by atoms with Crippen molar-refractivity contribution in [3.05, 3.63) is 34.3 Å². The quantitative estimate of drug-likeness (QED) is 0.574. The minimum Gasteiger partial charge on any atom is -0.352 e. The maximum atomic E-state index is 12.3.